The van der Waals surface area contributed by atoms with Crippen molar-refractivity contribution in [2.75, 3.05) is 53.1 Å². The molecular weight excluding hydrogens is 449 g/mol. The molecule has 26 heavy (non-hydrogen) atoms. The van der Waals surface area contributed by atoms with Crippen LogP contribution in [-0.4, -0.2) is 70.0 Å². The Bertz CT molecular complexity index is 502. The van der Waals surface area contributed by atoms with Gasteiger partial charge in [-0.15, -0.1) is 24.0 Å². The number of hydrogen-bond acceptors (Lipinski definition) is 5. The Balaban J connectivity index is 0.00000625. The molecule has 0 atom stereocenters. The maximum absolute atomic E-state index is 11.9. The number of aromatic nitrogens is 1. The van der Waals surface area contributed by atoms with Crippen LogP contribution in [0.2, 0.25) is 0 Å². The van der Waals surface area contributed by atoms with Gasteiger partial charge in [0.2, 0.25) is 0 Å². The summed E-state index contributed by atoms with van der Waals surface area (Å²) < 4.78 is 10.3. The molecule has 0 bridgehead atoms. The van der Waals surface area contributed by atoms with Crippen LogP contribution in [-0.2, 0) is 9.47 Å². The van der Waals surface area contributed by atoms with Crippen molar-refractivity contribution in [3.05, 3.63) is 30.1 Å². The molecule has 0 spiro atoms. The third-order valence-corrected chi connectivity index (χ3v) is 3.12. The maximum Gasteiger partial charge on any atom is 0.252 e. The lowest BCUT2D eigenvalue weighted by Crippen LogP contribution is -2.41. The van der Waals surface area contributed by atoms with Crippen molar-refractivity contribution < 1.29 is 14.3 Å². The minimum Gasteiger partial charge on any atom is -0.382 e. The number of ether oxygens (including phenoxy) is 2. The van der Waals surface area contributed by atoms with Gasteiger partial charge in [0.05, 0.1) is 18.8 Å². The smallest absolute Gasteiger partial charge is 0.252 e. The van der Waals surface area contributed by atoms with Gasteiger partial charge in [-0.2, -0.15) is 0 Å². The lowest BCUT2D eigenvalue weighted by molar-refractivity contribution is 0.0702. The largest absolute Gasteiger partial charge is 0.382 e. The van der Waals surface area contributed by atoms with Crippen LogP contribution in [0.5, 0.6) is 0 Å². The molecule has 1 rings (SSSR count). The van der Waals surface area contributed by atoms with Crippen LogP contribution in [0.4, 0.5) is 0 Å². The number of aliphatic imine (C=N–C) groups is 1. The molecule has 0 aliphatic carbocycles. The number of hydrogen-bond donors (Lipinski definition) is 3. The van der Waals surface area contributed by atoms with E-state index in [1.807, 2.05) is 6.92 Å². The first-order valence-corrected chi connectivity index (χ1v) is 8.55. The summed E-state index contributed by atoms with van der Waals surface area (Å²) in [6, 6.07) is 3.47. The van der Waals surface area contributed by atoms with Crippen LogP contribution in [0.15, 0.2) is 29.5 Å². The van der Waals surface area contributed by atoms with Crippen LogP contribution in [0.1, 0.15) is 23.7 Å². The van der Waals surface area contributed by atoms with Crippen molar-refractivity contribution in [1.29, 1.82) is 0 Å². The first-order valence-electron chi connectivity index (χ1n) is 8.55. The molecule has 0 fully saturated rings. The quantitative estimate of drug-likeness (QED) is 0.180. The van der Waals surface area contributed by atoms with Gasteiger partial charge in [-0.05, 0) is 25.5 Å². The van der Waals surface area contributed by atoms with Crippen molar-refractivity contribution in [3.63, 3.8) is 0 Å². The van der Waals surface area contributed by atoms with Gasteiger partial charge >= 0.3 is 0 Å². The SMILES string of the molecule is CCNC(=NCCCOCCOC)NCCNC(=O)c1cccnc1.I. The van der Waals surface area contributed by atoms with Gasteiger partial charge < -0.3 is 25.4 Å². The summed E-state index contributed by atoms with van der Waals surface area (Å²) >= 11 is 0. The van der Waals surface area contributed by atoms with Crippen LogP contribution in [0, 0.1) is 0 Å². The van der Waals surface area contributed by atoms with E-state index in [9.17, 15) is 4.79 Å². The van der Waals surface area contributed by atoms with E-state index in [0.29, 0.717) is 45.0 Å². The highest BCUT2D eigenvalue weighted by Gasteiger charge is 2.04. The minimum absolute atomic E-state index is 0. The van der Waals surface area contributed by atoms with Gasteiger partial charge in [-0.25, -0.2) is 0 Å². The van der Waals surface area contributed by atoms with Crippen molar-refractivity contribution >= 4 is 35.8 Å². The second kappa shape index (κ2) is 17.0. The highest BCUT2D eigenvalue weighted by atomic mass is 127. The number of halogens is 1. The second-order valence-corrected chi connectivity index (χ2v) is 5.14. The summed E-state index contributed by atoms with van der Waals surface area (Å²) in [5.74, 6) is 0.597. The van der Waals surface area contributed by atoms with E-state index >= 15 is 0 Å². The van der Waals surface area contributed by atoms with Crippen LogP contribution in [0.3, 0.4) is 0 Å². The van der Waals surface area contributed by atoms with Crippen molar-refractivity contribution in [2.24, 2.45) is 4.99 Å². The summed E-state index contributed by atoms with van der Waals surface area (Å²) in [6.07, 6.45) is 4.03. The van der Waals surface area contributed by atoms with E-state index in [4.69, 9.17) is 9.47 Å². The maximum atomic E-state index is 11.9. The van der Waals surface area contributed by atoms with Gasteiger partial charge in [-0.1, -0.05) is 0 Å². The van der Waals surface area contributed by atoms with Gasteiger partial charge in [0.25, 0.3) is 5.91 Å². The third-order valence-electron chi connectivity index (χ3n) is 3.12. The lowest BCUT2D eigenvalue weighted by Gasteiger charge is -2.12. The van der Waals surface area contributed by atoms with E-state index in [2.05, 4.69) is 25.9 Å². The molecule has 0 unspecified atom stereocenters. The number of nitrogens with zero attached hydrogens (tertiary/aromatic N) is 2. The average Bonchev–Trinajstić information content (AvgIpc) is 2.64. The molecule has 0 aliphatic heterocycles. The number of amides is 1. The molecule has 1 amide bonds. The Labute approximate surface area is 172 Å². The lowest BCUT2D eigenvalue weighted by atomic mass is 10.3. The molecule has 1 heterocycles. The molecule has 0 aromatic carbocycles. The molecule has 8 nitrogen and oxygen atoms in total. The van der Waals surface area contributed by atoms with Crippen molar-refractivity contribution in [2.45, 2.75) is 13.3 Å². The van der Waals surface area contributed by atoms with Gasteiger partial charge in [0, 0.05) is 52.3 Å². The number of rotatable bonds is 12. The summed E-state index contributed by atoms with van der Waals surface area (Å²) in [4.78, 5) is 20.3. The average molecular weight is 479 g/mol. The Morgan fingerprint density at radius 3 is 2.69 bits per heavy atom. The van der Waals surface area contributed by atoms with E-state index in [-0.39, 0.29) is 29.9 Å². The zero-order valence-electron chi connectivity index (χ0n) is 15.5. The van der Waals surface area contributed by atoms with E-state index in [1.165, 1.54) is 0 Å². The predicted octanol–water partition coefficient (Wildman–Crippen LogP) is 1.04. The number of carbonyl (C=O) groups is 1. The first kappa shape index (κ1) is 24.5. The summed E-state index contributed by atoms with van der Waals surface area (Å²) in [7, 11) is 1.65. The Kier molecular flexibility index (Phi) is 16.0. The third kappa shape index (κ3) is 12.0. The Morgan fingerprint density at radius 1 is 1.19 bits per heavy atom. The number of pyridine rings is 1. The number of methoxy groups -OCH3 is 1. The van der Waals surface area contributed by atoms with Crippen LogP contribution >= 0.6 is 24.0 Å². The highest BCUT2D eigenvalue weighted by Crippen LogP contribution is 1.94. The fourth-order valence-electron chi connectivity index (χ4n) is 1.90. The number of nitrogens with one attached hydrogen (secondary N) is 3. The molecule has 0 saturated heterocycles. The van der Waals surface area contributed by atoms with Crippen molar-refractivity contribution in [1.82, 2.24) is 20.9 Å². The zero-order valence-corrected chi connectivity index (χ0v) is 17.8. The fourth-order valence-corrected chi connectivity index (χ4v) is 1.90. The Hall–Kier alpha value is -1.46. The van der Waals surface area contributed by atoms with E-state index in [1.54, 1.807) is 31.6 Å². The van der Waals surface area contributed by atoms with Crippen molar-refractivity contribution in [3.8, 4) is 0 Å². The van der Waals surface area contributed by atoms with Crippen LogP contribution in [0.25, 0.3) is 0 Å². The summed E-state index contributed by atoms with van der Waals surface area (Å²) in [6.45, 7) is 6.42. The molecule has 0 saturated carbocycles. The standard InChI is InChI=1S/C17H29N5O3.HI/c1-3-19-17(21-8-5-11-25-13-12-24-2)22-10-9-20-16(23)15-6-4-7-18-14-15;/h4,6-7,14H,3,5,8-13H2,1-2H3,(H,20,23)(H2,19,21,22);1H. The fraction of sp³-hybridized carbons (Fsp3) is 0.588. The zero-order chi connectivity index (χ0) is 18.2. The second-order valence-electron chi connectivity index (χ2n) is 5.14. The molecule has 9 heteroatoms. The molecule has 0 radical (unpaired) electrons. The summed E-state index contributed by atoms with van der Waals surface area (Å²) in [5.41, 5.74) is 0.552. The Morgan fingerprint density at radius 2 is 2.00 bits per heavy atom. The first-order chi connectivity index (χ1) is 12.3. The number of guanidine groups is 1. The predicted molar refractivity (Wildman–Crippen MR) is 113 cm³/mol. The topological polar surface area (TPSA) is 96.9 Å². The van der Waals surface area contributed by atoms with Gasteiger partial charge in [0.1, 0.15) is 0 Å². The van der Waals surface area contributed by atoms with E-state index < -0.39 is 0 Å². The minimum atomic E-state index is -0.134. The molecule has 0 aliphatic rings. The summed E-state index contributed by atoms with van der Waals surface area (Å²) in [5, 5.41) is 9.19. The molecule has 1 aromatic heterocycles. The van der Waals surface area contributed by atoms with Gasteiger partial charge in [0.15, 0.2) is 5.96 Å². The molecular formula is C17H30IN5O3. The van der Waals surface area contributed by atoms with Crippen LogP contribution < -0.4 is 16.0 Å². The molecule has 3 N–H and O–H groups in total. The monoisotopic (exact) mass is 479 g/mol. The molecule has 148 valence electrons. The highest BCUT2D eigenvalue weighted by molar-refractivity contribution is 14.0. The normalized spacial score (nSPS) is 10.8. The van der Waals surface area contributed by atoms with E-state index in [0.717, 1.165) is 18.9 Å². The number of carbonyl (C=O) groups excluding carboxylic acids is 1. The molecule has 1 aromatic rings. The van der Waals surface area contributed by atoms with Gasteiger partial charge in [-0.3, -0.25) is 14.8 Å².